The number of nitrogens with zero attached hydrogens (tertiary/aromatic N) is 3. The molecule has 1 fully saturated rings. The third-order valence-electron chi connectivity index (χ3n) is 3.49. The van der Waals surface area contributed by atoms with Gasteiger partial charge in [0.25, 0.3) is 0 Å². The zero-order chi connectivity index (χ0) is 15.5. The Hall–Kier alpha value is -2.57. The van der Waals surface area contributed by atoms with Crippen molar-refractivity contribution in [2.24, 2.45) is 0 Å². The molecule has 3 rings (SSSR count). The van der Waals surface area contributed by atoms with Gasteiger partial charge in [-0.15, -0.1) is 0 Å². The number of nitrogens with one attached hydrogen (secondary N) is 1. The molecule has 0 aliphatic carbocycles. The van der Waals surface area contributed by atoms with E-state index in [1.165, 1.54) is 6.07 Å². The van der Waals surface area contributed by atoms with Gasteiger partial charge in [0.1, 0.15) is 0 Å². The number of benzene rings is 1. The summed E-state index contributed by atoms with van der Waals surface area (Å²) in [5.74, 6) is -1.26. The predicted molar refractivity (Wildman–Crippen MR) is 77.2 cm³/mol. The fourth-order valence-electron chi connectivity index (χ4n) is 2.28. The molecule has 1 aromatic carbocycles. The molecule has 2 heterocycles. The lowest BCUT2D eigenvalue weighted by Crippen LogP contribution is -2.29. The van der Waals surface area contributed by atoms with Crippen molar-refractivity contribution in [1.82, 2.24) is 15.3 Å². The van der Waals surface area contributed by atoms with Crippen molar-refractivity contribution < 1.29 is 13.6 Å². The average molecular weight is 304 g/mol. The fraction of sp³-hybridized carbons (Fsp3) is 0.267. The van der Waals surface area contributed by atoms with Crippen molar-refractivity contribution in [1.29, 1.82) is 0 Å². The Labute approximate surface area is 126 Å². The van der Waals surface area contributed by atoms with E-state index in [1.807, 2.05) is 4.90 Å². The first-order valence-electron chi connectivity index (χ1n) is 6.92. The number of hydrogen-bond donors (Lipinski definition) is 1. The lowest BCUT2D eigenvalue weighted by molar-refractivity contribution is -0.120. The maximum atomic E-state index is 13.3. The summed E-state index contributed by atoms with van der Waals surface area (Å²) in [6, 6.07) is 3.66. The molecule has 0 atom stereocenters. The van der Waals surface area contributed by atoms with Gasteiger partial charge in [-0.3, -0.25) is 4.79 Å². The minimum atomic E-state index is -0.904. The maximum Gasteiger partial charge on any atom is 0.225 e. The second kappa shape index (κ2) is 6.05. The molecule has 1 aromatic heterocycles. The van der Waals surface area contributed by atoms with Crippen LogP contribution in [0.2, 0.25) is 0 Å². The average Bonchev–Trinajstić information content (AvgIpc) is 2.75. The number of hydrogen-bond acceptors (Lipinski definition) is 4. The third kappa shape index (κ3) is 3.03. The van der Waals surface area contributed by atoms with Crippen LogP contribution >= 0.6 is 0 Å². The summed E-state index contributed by atoms with van der Waals surface area (Å²) in [6.07, 6.45) is 3.53. The van der Waals surface area contributed by atoms with Gasteiger partial charge in [-0.25, -0.2) is 18.7 Å². The van der Waals surface area contributed by atoms with Crippen molar-refractivity contribution in [2.45, 2.75) is 6.42 Å². The smallest absolute Gasteiger partial charge is 0.225 e. The van der Waals surface area contributed by atoms with Gasteiger partial charge in [0.2, 0.25) is 11.9 Å². The van der Waals surface area contributed by atoms with Crippen LogP contribution in [0, 0.1) is 11.6 Å². The van der Waals surface area contributed by atoms with E-state index >= 15 is 0 Å². The highest BCUT2D eigenvalue weighted by Gasteiger charge is 2.16. The van der Waals surface area contributed by atoms with Gasteiger partial charge in [0, 0.05) is 44.0 Å². The minimum absolute atomic E-state index is 0.0147. The largest absolute Gasteiger partial charge is 0.354 e. The lowest BCUT2D eigenvalue weighted by atomic mass is 10.1. The zero-order valence-electron chi connectivity index (χ0n) is 11.7. The van der Waals surface area contributed by atoms with Gasteiger partial charge in [0.05, 0.1) is 0 Å². The van der Waals surface area contributed by atoms with Crippen molar-refractivity contribution in [2.75, 3.05) is 24.5 Å². The molecule has 0 bridgehead atoms. The molecular formula is C15H14F2N4O. The van der Waals surface area contributed by atoms with E-state index < -0.39 is 11.6 Å². The molecule has 1 N–H and O–H groups in total. The molecule has 0 spiro atoms. The summed E-state index contributed by atoms with van der Waals surface area (Å²) >= 11 is 0. The third-order valence-corrected chi connectivity index (χ3v) is 3.49. The van der Waals surface area contributed by atoms with E-state index in [4.69, 9.17) is 0 Å². The first kappa shape index (κ1) is 14.4. The van der Waals surface area contributed by atoms with Gasteiger partial charge < -0.3 is 10.2 Å². The Morgan fingerprint density at radius 1 is 1.05 bits per heavy atom. The predicted octanol–water partition coefficient (Wildman–Crippen LogP) is 1.75. The molecule has 0 unspecified atom stereocenters. The summed E-state index contributed by atoms with van der Waals surface area (Å²) in [5, 5.41) is 2.78. The number of carbonyl (C=O) groups is 1. The van der Waals surface area contributed by atoms with Gasteiger partial charge in [-0.1, -0.05) is 6.07 Å². The topological polar surface area (TPSA) is 58.1 Å². The first-order chi connectivity index (χ1) is 10.6. The van der Waals surface area contributed by atoms with E-state index in [9.17, 15) is 13.6 Å². The number of halogens is 2. The Morgan fingerprint density at radius 2 is 1.82 bits per heavy atom. The van der Waals surface area contributed by atoms with Crippen LogP contribution in [0.3, 0.4) is 0 Å². The van der Waals surface area contributed by atoms with Crippen LogP contribution in [0.25, 0.3) is 11.1 Å². The number of carbonyl (C=O) groups excluding carboxylic acids is 1. The quantitative estimate of drug-likeness (QED) is 0.918. The summed E-state index contributed by atoms with van der Waals surface area (Å²) in [4.78, 5) is 21.7. The Kier molecular flexibility index (Phi) is 3.95. The fourth-order valence-corrected chi connectivity index (χ4v) is 2.28. The lowest BCUT2D eigenvalue weighted by Gasteiger charge is -2.19. The minimum Gasteiger partial charge on any atom is -0.354 e. The highest BCUT2D eigenvalue weighted by Crippen LogP contribution is 2.21. The number of anilines is 1. The Balaban J connectivity index is 1.80. The zero-order valence-corrected chi connectivity index (χ0v) is 11.7. The van der Waals surface area contributed by atoms with Gasteiger partial charge in [-0.05, 0) is 17.7 Å². The van der Waals surface area contributed by atoms with Crippen LogP contribution < -0.4 is 10.2 Å². The summed E-state index contributed by atoms with van der Waals surface area (Å²) in [6.45, 7) is 1.74. The highest BCUT2D eigenvalue weighted by atomic mass is 19.2. The summed E-state index contributed by atoms with van der Waals surface area (Å²) < 4.78 is 26.2. The highest BCUT2D eigenvalue weighted by molar-refractivity contribution is 5.77. The Bertz CT molecular complexity index is 690. The van der Waals surface area contributed by atoms with Gasteiger partial charge in [0.15, 0.2) is 11.6 Å². The molecule has 0 radical (unpaired) electrons. The van der Waals surface area contributed by atoms with Crippen LogP contribution in [0.15, 0.2) is 30.6 Å². The van der Waals surface area contributed by atoms with E-state index in [0.29, 0.717) is 43.1 Å². The molecule has 0 saturated carbocycles. The monoisotopic (exact) mass is 304 g/mol. The SMILES string of the molecule is O=C1CCN(c2ncc(-c3ccc(F)c(F)c3)cn2)CCN1. The summed E-state index contributed by atoms with van der Waals surface area (Å²) in [7, 11) is 0. The van der Waals surface area contributed by atoms with Crippen molar-refractivity contribution in [3.8, 4) is 11.1 Å². The van der Waals surface area contributed by atoms with Crippen LogP contribution in [0.4, 0.5) is 14.7 Å². The maximum absolute atomic E-state index is 13.3. The second-order valence-electron chi connectivity index (χ2n) is 4.99. The van der Waals surface area contributed by atoms with Crippen LogP contribution in [0.5, 0.6) is 0 Å². The van der Waals surface area contributed by atoms with E-state index in [1.54, 1.807) is 12.4 Å². The molecule has 1 saturated heterocycles. The van der Waals surface area contributed by atoms with Crippen LogP contribution in [-0.4, -0.2) is 35.5 Å². The van der Waals surface area contributed by atoms with E-state index in [-0.39, 0.29) is 5.91 Å². The normalized spacial score (nSPS) is 15.4. The van der Waals surface area contributed by atoms with Crippen molar-refractivity contribution in [3.05, 3.63) is 42.2 Å². The molecule has 7 heteroatoms. The van der Waals surface area contributed by atoms with Crippen LogP contribution in [-0.2, 0) is 4.79 Å². The molecule has 114 valence electrons. The molecule has 1 aliphatic heterocycles. The number of rotatable bonds is 2. The number of aromatic nitrogens is 2. The van der Waals surface area contributed by atoms with Crippen molar-refractivity contribution in [3.63, 3.8) is 0 Å². The Morgan fingerprint density at radius 3 is 2.55 bits per heavy atom. The standard InChI is InChI=1S/C15H14F2N4O/c16-12-2-1-10(7-13(12)17)11-8-19-15(20-9-11)21-5-3-14(22)18-4-6-21/h1-2,7-9H,3-6H2,(H,18,22). The molecule has 1 amide bonds. The van der Waals surface area contributed by atoms with E-state index in [2.05, 4.69) is 15.3 Å². The van der Waals surface area contributed by atoms with Crippen molar-refractivity contribution >= 4 is 11.9 Å². The molecule has 1 aliphatic rings. The number of amides is 1. The van der Waals surface area contributed by atoms with Gasteiger partial charge in [-0.2, -0.15) is 0 Å². The van der Waals surface area contributed by atoms with Crippen LogP contribution in [0.1, 0.15) is 6.42 Å². The van der Waals surface area contributed by atoms with Gasteiger partial charge >= 0.3 is 0 Å². The molecule has 2 aromatic rings. The summed E-state index contributed by atoms with van der Waals surface area (Å²) in [5.41, 5.74) is 1.12. The molecule has 5 nitrogen and oxygen atoms in total. The molecular weight excluding hydrogens is 290 g/mol. The molecule has 22 heavy (non-hydrogen) atoms. The van der Waals surface area contributed by atoms with E-state index in [0.717, 1.165) is 12.1 Å². The second-order valence-corrected chi connectivity index (χ2v) is 4.99. The first-order valence-corrected chi connectivity index (χ1v) is 6.92.